The second-order valence-corrected chi connectivity index (χ2v) is 9.03. The molecule has 3 heterocycles. The zero-order valence-electron chi connectivity index (χ0n) is 18.0. The summed E-state index contributed by atoms with van der Waals surface area (Å²) in [7, 11) is 0. The lowest BCUT2D eigenvalue weighted by Gasteiger charge is -2.16. The summed E-state index contributed by atoms with van der Waals surface area (Å²) in [5, 5.41) is 9.59. The van der Waals surface area contributed by atoms with E-state index in [1.54, 1.807) is 6.20 Å². The number of thiophene rings is 1. The number of halogens is 1. The molecule has 4 aromatic rings. The van der Waals surface area contributed by atoms with Gasteiger partial charge < -0.3 is 20.3 Å². The van der Waals surface area contributed by atoms with E-state index in [1.165, 1.54) is 11.3 Å². The molecule has 0 bridgehead atoms. The summed E-state index contributed by atoms with van der Waals surface area (Å²) in [5.41, 5.74) is 7.95. The number of aliphatic hydroxyl groups excluding tert-OH is 1. The second kappa shape index (κ2) is 10.2. The average Bonchev–Trinajstić information content (AvgIpc) is 3.37. The van der Waals surface area contributed by atoms with Crippen molar-refractivity contribution in [3.8, 4) is 22.1 Å². The van der Waals surface area contributed by atoms with Crippen molar-refractivity contribution in [3.63, 3.8) is 0 Å². The average molecular weight is 486 g/mol. The molecule has 7 nitrogen and oxygen atoms in total. The van der Waals surface area contributed by atoms with E-state index >= 15 is 0 Å². The van der Waals surface area contributed by atoms with Gasteiger partial charge in [-0.1, -0.05) is 29.8 Å². The zero-order valence-corrected chi connectivity index (χ0v) is 19.6. The van der Waals surface area contributed by atoms with Crippen LogP contribution in [0.5, 0.6) is 11.5 Å². The number of primary amides is 1. The van der Waals surface area contributed by atoms with E-state index in [9.17, 15) is 4.79 Å². The molecule has 0 aliphatic carbocycles. The van der Waals surface area contributed by atoms with Crippen LogP contribution in [0, 0.1) is 0 Å². The van der Waals surface area contributed by atoms with Crippen LogP contribution in [0.3, 0.4) is 0 Å². The largest absolute Gasteiger partial charge is 0.492 e. The molecular formula is C24H24ClN3O4S. The van der Waals surface area contributed by atoms with Gasteiger partial charge in [-0.15, -0.1) is 11.3 Å². The Labute approximate surface area is 200 Å². The first kappa shape index (κ1) is 23.1. The van der Waals surface area contributed by atoms with E-state index in [-0.39, 0.29) is 19.1 Å². The van der Waals surface area contributed by atoms with E-state index < -0.39 is 5.91 Å². The molecule has 4 rings (SSSR count). The third-order valence-corrected chi connectivity index (χ3v) is 6.54. The third-order valence-electron chi connectivity index (χ3n) is 5.05. The van der Waals surface area contributed by atoms with Crippen LogP contribution in [-0.2, 0) is 11.2 Å². The van der Waals surface area contributed by atoms with Crippen molar-refractivity contribution in [2.24, 2.45) is 5.73 Å². The molecule has 0 aliphatic heterocycles. The first-order valence-corrected chi connectivity index (χ1v) is 11.7. The number of benzene rings is 1. The molecule has 1 unspecified atom stereocenters. The number of carbonyl (C=O) groups excluding carboxylic acids is 1. The van der Waals surface area contributed by atoms with Gasteiger partial charge in [0.25, 0.3) is 0 Å². The van der Waals surface area contributed by atoms with Crippen molar-refractivity contribution in [1.82, 2.24) is 9.38 Å². The summed E-state index contributed by atoms with van der Waals surface area (Å²) in [5.74, 6) is 0.829. The Hall–Kier alpha value is -3.07. The summed E-state index contributed by atoms with van der Waals surface area (Å²) < 4.78 is 13.9. The minimum atomic E-state index is -0.434. The predicted octanol–water partition coefficient (Wildman–Crippen LogP) is 4.65. The number of pyridine rings is 1. The molecule has 0 radical (unpaired) electrons. The van der Waals surface area contributed by atoms with Gasteiger partial charge in [-0.3, -0.25) is 9.20 Å². The van der Waals surface area contributed by atoms with Gasteiger partial charge in [-0.25, -0.2) is 4.98 Å². The Morgan fingerprint density at radius 1 is 1.30 bits per heavy atom. The smallest absolute Gasteiger partial charge is 0.222 e. The number of carbonyl (C=O) groups is 1. The van der Waals surface area contributed by atoms with E-state index in [1.807, 2.05) is 60.0 Å². The van der Waals surface area contributed by atoms with Gasteiger partial charge in [0.15, 0.2) is 0 Å². The maximum atomic E-state index is 11.7. The third kappa shape index (κ3) is 5.30. The number of imidazole rings is 1. The minimum absolute atomic E-state index is 0.0709. The van der Waals surface area contributed by atoms with Gasteiger partial charge in [0.05, 0.1) is 40.9 Å². The molecule has 3 aromatic heterocycles. The Balaban J connectivity index is 1.67. The zero-order chi connectivity index (χ0) is 23.4. The Morgan fingerprint density at radius 2 is 2.12 bits per heavy atom. The number of hydrogen-bond acceptors (Lipinski definition) is 6. The normalized spacial score (nSPS) is 12.1. The molecule has 1 amide bonds. The summed E-state index contributed by atoms with van der Waals surface area (Å²) >= 11 is 7.77. The van der Waals surface area contributed by atoms with E-state index in [0.29, 0.717) is 29.5 Å². The van der Waals surface area contributed by atoms with Gasteiger partial charge in [0.2, 0.25) is 5.91 Å². The fraction of sp³-hybridized carbons (Fsp3) is 0.250. The monoisotopic (exact) mass is 485 g/mol. The molecule has 172 valence electrons. The molecule has 0 fully saturated rings. The van der Waals surface area contributed by atoms with Gasteiger partial charge in [0, 0.05) is 29.7 Å². The number of rotatable bonds is 10. The number of nitrogens with two attached hydrogens (primary N) is 1. The summed E-state index contributed by atoms with van der Waals surface area (Å²) in [4.78, 5) is 17.8. The number of aromatic nitrogens is 2. The molecular weight excluding hydrogens is 462 g/mol. The second-order valence-electron chi connectivity index (χ2n) is 7.48. The summed E-state index contributed by atoms with van der Waals surface area (Å²) in [6.45, 7) is 2.41. The van der Waals surface area contributed by atoms with Crippen LogP contribution >= 0.6 is 22.9 Å². The molecule has 1 atom stereocenters. The topological polar surface area (TPSA) is 99.1 Å². The van der Waals surface area contributed by atoms with Crippen LogP contribution < -0.4 is 15.2 Å². The molecule has 0 spiro atoms. The van der Waals surface area contributed by atoms with Crippen LogP contribution in [0.25, 0.3) is 16.2 Å². The fourth-order valence-electron chi connectivity index (χ4n) is 3.46. The Kier molecular flexibility index (Phi) is 7.17. The van der Waals surface area contributed by atoms with Crippen molar-refractivity contribution < 1.29 is 19.4 Å². The number of nitrogens with zero attached hydrogens (tertiary/aromatic N) is 2. The van der Waals surface area contributed by atoms with Crippen LogP contribution in [-0.4, -0.2) is 33.6 Å². The van der Waals surface area contributed by atoms with Crippen LogP contribution in [0.15, 0.2) is 54.9 Å². The molecule has 1 aromatic carbocycles. The molecule has 0 saturated carbocycles. The number of aliphatic hydroxyl groups is 1. The maximum absolute atomic E-state index is 11.7. The van der Waals surface area contributed by atoms with E-state index in [0.717, 1.165) is 26.7 Å². The molecule has 33 heavy (non-hydrogen) atoms. The highest BCUT2D eigenvalue weighted by molar-refractivity contribution is 7.15. The first-order chi connectivity index (χ1) is 16.0. The van der Waals surface area contributed by atoms with Crippen molar-refractivity contribution in [2.75, 3.05) is 13.2 Å². The molecule has 0 saturated heterocycles. The van der Waals surface area contributed by atoms with Gasteiger partial charge in [-0.05, 0) is 25.1 Å². The van der Waals surface area contributed by atoms with Crippen LogP contribution in [0.2, 0.25) is 5.02 Å². The van der Waals surface area contributed by atoms with Crippen molar-refractivity contribution in [1.29, 1.82) is 0 Å². The van der Waals surface area contributed by atoms with E-state index in [4.69, 9.17) is 31.9 Å². The lowest BCUT2D eigenvalue weighted by molar-refractivity contribution is -0.117. The minimum Gasteiger partial charge on any atom is -0.492 e. The summed E-state index contributed by atoms with van der Waals surface area (Å²) in [6, 6.07) is 13.1. The highest BCUT2D eigenvalue weighted by atomic mass is 35.5. The standard InChI is InChI=1S/C24H24ClN3O4S/c1-15(17-5-2-3-6-18(17)25)32-20-11-21(33-22(20)12-23(26)30)19-13-27-24-8-7-16(14-28(19)24)31-10-4-9-29/h2-3,5-8,11,13-15,29H,4,9-10,12H2,1H3,(H2,26,30). The van der Waals surface area contributed by atoms with Gasteiger partial charge in [0.1, 0.15) is 23.3 Å². The summed E-state index contributed by atoms with van der Waals surface area (Å²) in [6.07, 6.45) is 3.94. The quantitative estimate of drug-likeness (QED) is 0.319. The van der Waals surface area contributed by atoms with Crippen molar-refractivity contribution in [2.45, 2.75) is 25.9 Å². The number of amides is 1. The lowest BCUT2D eigenvalue weighted by Crippen LogP contribution is -2.13. The highest BCUT2D eigenvalue weighted by Gasteiger charge is 2.20. The number of ether oxygens (including phenoxy) is 2. The van der Waals surface area contributed by atoms with Gasteiger partial charge in [-0.2, -0.15) is 0 Å². The molecule has 0 aliphatic rings. The molecule has 9 heteroatoms. The predicted molar refractivity (Wildman–Crippen MR) is 129 cm³/mol. The van der Waals surface area contributed by atoms with Crippen molar-refractivity contribution in [3.05, 3.63) is 70.3 Å². The molecule has 3 N–H and O–H groups in total. The Bertz CT molecular complexity index is 1270. The SMILES string of the molecule is CC(Oc1cc(-c2cnc3ccc(OCCCO)cn23)sc1CC(N)=O)c1ccccc1Cl. The van der Waals surface area contributed by atoms with Gasteiger partial charge >= 0.3 is 0 Å². The Morgan fingerprint density at radius 3 is 2.88 bits per heavy atom. The lowest BCUT2D eigenvalue weighted by atomic mass is 10.1. The van der Waals surface area contributed by atoms with Crippen LogP contribution in [0.4, 0.5) is 0 Å². The highest BCUT2D eigenvalue weighted by Crippen LogP contribution is 2.39. The van der Waals surface area contributed by atoms with Crippen molar-refractivity contribution >= 4 is 34.5 Å². The number of fused-ring (bicyclic) bond motifs is 1. The fourth-order valence-corrected chi connectivity index (χ4v) is 4.86. The van der Waals surface area contributed by atoms with E-state index in [2.05, 4.69) is 4.98 Å². The first-order valence-electron chi connectivity index (χ1n) is 10.5. The van der Waals surface area contributed by atoms with Crippen LogP contribution in [0.1, 0.15) is 29.9 Å². The number of hydrogen-bond donors (Lipinski definition) is 2. The maximum Gasteiger partial charge on any atom is 0.222 e.